The number of sulfonamides is 1. The smallest absolute Gasteiger partial charge is 0.238 e. The summed E-state index contributed by atoms with van der Waals surface area (Å²) in [6.45, 7) is 0. The van der Waals surface area contributed by atoms with Crippen LogP contribution >= 0.6 is 0 Å². The highest BCUT2D eigenvalue weighted by molar-refractivity contribution is 7.91. The standard InChI is InChI=1S/C10H12N4O2S/c11-9-6-12-13-10(9)14-17(15,16)7-8-4-2-1-3-5-8/h1-6H,7,11H2,(H2,12,13,14). The van der Waals surface area contributed by atoms with Crippen LogP contribution in [0.5, 0.6) is 0 Å². The highest BCUT2D eigenvalue weighted by Gasteiger charge is 2.13. The molecular weight excluding hydrogens is 240 g/mol. The fraction of sp³-hybridized carbons (Fsp3) is 0.100. The second-order valence-electron chi connectivity index (χ2n) is 3.55. The number of rotatable bonds is 4. The SMILES string of the molecule is Nc1cn[nH]c1NS(=O)(=O)Cc1ccccc1. The Morgan fingerprint density at radius 3 is 2.59 bits per heavy atom. The van der Waals surface area contributed by atoms with Crippen molar-refractivity contribution in [3.8, 4) is 0 Å². The van der Waals surface area contributed by atoms with Crippen molar-refractivity contribution >= 4 is 21.5 Å². The lowest BCUT2D eigenvalue weighted by molar-refractivity contribution is 0.600. The lowest BCUT2D eigenvalue weighted by Crippen LogP contribution is -2.16. The number of benzene rings is 1. The molecule has 0 bridgehead atoms. The molecule has 6 nitrogen and oxygen atoms in total. The number of hydrogen-bond acceptors (Lipinski definition) is 4. The molecule has 0 aliphatic carbocycles. The zero-order valence-corrected chi connectivity index (χ0v) is 9.74. The molecule has 1 aromatic heterocycles. The summed E-state index contributed by atoms with van der Waals surface area (Å²) in [5.41, 5.74) is 6.49. The van der Waals surface area contributed by atoms with E-state index in [4.69, 9.17) is 5.73 Å². The van der Waals surface area contributed by atoms with Gasteiger partial charge in [-0.2, -0.15) is 5.10 Å². The van der Waals surface area contributed by atoms with Crippen molar-refractivity contribution in [1.29, 1.82) is 0 Å². The molecule has 0 radical (unpaired) electrons. The molecule has 1 heterocycles. The fourth-order valence-electron chi connectivity index (χ4n) is 1.36. The number of nitrogens with zero attached hydrogens (tertiary/aromatic N) is 1. The molecule has 0 amide bonds. The van der Waals surface area contributed by atoms with E-state index in [1.54, 1.807) is 24.3 Å². The molecule has 2 rings (SSSR count). The zero-order chi connectivity index (χ0) is 12.3. The van der Waals surface area contributed by atoms with E-state index in [2.05, 4.69) is 14.9 Å². The minimum absolute atomic E-state index is 0.105. The van der Waals surface area contributed by atoms with Gasteiger partial charge >= 0.3 is 0 Å². The highest BCUT2D eigenvalue weighted by atomic mass is 32.2. The molecule has 0 saturated heterocycles. The van der Waals surface area contributed by atoms with Crippen LogP contribution in [0.1, 0.15) is 5.56 Å². The molecule has 7 heteroatoms. The van der Waals surface area contributed by atoms with E-state index >= 15 is 0 Å². The van der Waals surface area contributed by atoms with Crippen LogP contribution in [0.3, 0.4) is 0 Å². The van der Waals surface area contributed by atoms with Gasteiger partial charge in [-0.05, 0) is 5.56 Å². The van der Waals surface area contributed by atoms with Gasteiger partial charge in [-0.15, -0.1) is 0 Å². The summed E-state index contributed by atoms with van der Waals surface area (Å²) < 4.78 is 26.0. The Morgan fingerprint density at radius 1 is 1.29 bits per heavy atom. The summed E-state index contributed by atoms with van der Waals surface area (Å²) in [5.74, 6) is 0.0904. The molecular formula is C10H12N4O2S. The summed E-state index contributed by atoms with van der Waals surface area (Å²) in [6, 6.07) is 8.90. The Kier molecular flexibility index (Phi) is 3.01. The van der Waals surface area contributed by atoms with Gasteiger partial charge in [-0.3, -0.25) is 9.82 Å². The first kappa shape index (κ1) is 11.5. The van der Waals surface area contributed by atoms with Gasteiger partial charge in [0.1, 0.15) is 0 Å². The van der Waals surface area contributed by atoms with Gasteiger partial charge in [0.25, 0.3) is 0 Å². The molecule has 1 aromatic carbocycles. The number of aromatic amines is 1. The van der Waals surface area contributed by atoms with E-state index < -0.39 is 10.0 Å². The lowest BCUT2D eigenvalue weighted by Gasteiger charge is -2.06. The molecule has 0 aliphatic rings. The minimum Gasteiger partial charge on any atom is -0.394 e. The molecule has 17 heavy (non-hydrogen) atoms. The van der Waals surface area contributed by atoms with Crippen LogP contribution in [0.25, 0.3) is 0 Å². The normalized spacial score (nSPS) is 11.3. The molecule has 0 unspecified atom stereocenters. The minimum atomic E-state index is -3.48. The predicted molar refractivity (Wildman–Crippen MR) is 65.7 cm³/mol. The van der Waals surface area contributed by atoms with Crippen LogP contribution in [0, 0.1) is 0 Å². The highest BCUT2D eigenvalue weighted by Crippen LogP contribution is 2.16. The first-order valence-electron chi connectivity index (χ1n) is 4.90. The number of nitrogens with two attached hydrogens (primary N) is 1. The number of nitrogens with one attached hydrogen (secondary N) is 2. The third kappa shape index (κ3) is 2.97. The number of H-pyrrole nitrogens is 1. The van der Waals surface area contributed by atoms with Crippen LogP contribution in [-0.2, 0) is 15.8 Å². The maximum absolute atomic E-state index is 11.8. The third-order valence-corrected chi connectivity index (χ3v) is 3.35. The zero-order valence-electron chi connectivity index (χ0n) is 8.92. The third-order valence-electron chi connectivity index (χ3n) is 2.13. The molecule has 2 aromatic rings. The van der Waals surface area contributed by atoms with Crippen molar-refractivity contribution in [1.82, 2.24) is 10.2 Å². The van der Waals surface area contributed by atoms with E-state index in [-0.39, 0.29) is 17.3 Å². The number of hydrogen-bond donors (Lipinski definition) is 3. The lowest BCUT2D eigenvalue weighted by atomic mass is 10.2. The van der Waals surface area contributed by atoms with Crippen molar-refractivity contribution in [2.45, 2.75) is 5.75 Å². The molecule has 0 fully saturated rings. The van der Waals surface area contributed by atoms with Crippen molar-refractivity contribution in [2.75, 3.05) is 10.5 Å². The van der Waals surface area contributed by atoms with Crippen LogP contribution in [0.2, 0.25) is 0 Å². The van der Waals surface area contributed by atoms with Gasteiger partial charge < -0.3 is 5.73 Å². The topological polar surface area (TPSA) is 101 Å². The van der Waals surface area contributed by atoms with Crippen molar-refractivity contribution in [2.24, 2.45) is 0 Å². The maximum atomic E-state index is 11.8. The van der Waals surface area contributed by atoms with E-state index in [9.17, 15) is 8.42 Å². The first-order valence-corrected chi connectivity index (χ1v) is 6.55. The van der Waals surface area contributed by atoms with Crippen molar-refractivity contribution in [3.63, 3.8) is 0 Å². The Balaban J connectivity index is 2.13. The Bertz CT molecular complexity index is 592. The second-order valence-corrected chi connectivity index (χ2v) is 5.27. The molecule has 0 atom stereocenters. The molecule has 90 valence electrons. The average molecular weight is 252 g/mol. The molecule has 0 spiro atoms. The van der Waals surface area contributed by atoms with Crippen molar-refractivity contribution < 1.29 is 8.42 Å². The van der Waals surface area contributed by atoms with Gasteiger partial charge in [0.05, 0.1) is 17.6 Å². The van der Waals surface area contributed by atoms with Gasteiger partial charge in [-0.1, -0.05) is 30.3 Å². The molecule has 0 aliphatic heterocycles. The Labute approximate surface area is 98.9 Å². The summed E-state index contributed by atoms with van der Waals surface area (Å²) >= 11 is 0. The van der Waals surface area contributed by atoms with Gasteiger partial charge in [0.15, 0.2) is 5.82 Å². The van der Waals surface area contributed by atoms with E-state index in [0.717, 1.165) is 0 Å². The molecule has 0 saturated carbocycles. The van der Waals surface area contributed by atoms with Crippen molar-refractivity contribution in [3.05, 3.63) is 42.1 Å². The van der Waals surface area contributed by atoms with Crippen LogP contribution in [0.4, 0.5) is 11.5 Å². The second kappa shape index (κ2) is 4.46. The van der Waals surface area contributed by atoms with Gasteiger partial charge in [-0.25, -0.2) is 8.42 Å². The van der Waals surface area contributed by atoms with E-state index in [0.29, 0.717) is 5.56 Å². The summed E-state index contributed by atoms with van der Waals surface area (Å²) in [6.07, 6.45) is 1.35. The average Bonchev–Trinajstić information content (AvgIpc) is 2.64. The predicted octanol–water partition coefficient (Wildman–Crippen LogP) is 0.934. The Morgan fingerprint density at radius 2 is 2.00 bits per heavy atom. The molecule has 4 N–H and O–H groups in total. The summed E-state index contributed by atoms with van der Waals surface area (Å²) in [7, 11) is -3.48. The van der Waals surface area contributed by atoms with Gasteiger partial charge in [0.2, 0.25) is 10.0 Å². The van der Waals surface area contributed by atoms with E-state index in [1.807, 2.05) is 6.07 Å². The van der Waals surface area contributed by atoms with Gasteiger partial charge in [0, 0.05) is 0 Å². The Hall–Kier alpha value is -2.02. The summed E-state index contributed by atoms with van der Waals surface area (Å²) in [5, 5.41) is 6.12. The fourth-order valence-corrected chi connectivity index (χ4v) is 2.54. The number of anilines is 2. The quantitative estimate of drug-likeness (QED) is 0.753. The van der Waals surface area contributed by atoms with Crippen LogP contribution < -0.4 is 10.5 Å². The van der Waals surface area contributed by atoms with Crippen LogP contribution in [-0.4, -0.2) is 18.6 Å². The largest absolute Gasteiger partial charge is 0.394 e. The summed E-state index contributed by atoms with van der Waals surface area (Å²) in [4.78, 5) is 0. The first-order chi connectivity index (χ1) is 8.07. The number of aromatic nitrogens is 2. The number of nitrogen functional groups attached to an aromatic ring is 1. The van der Waals surface area contributed by atoms with Crippen LogP contribution in [0.15, 0.2) is 36.5 Å². The van der Waals surface area contributed by atoms with E-state index in [1.165, 1.54) is 6.20 Å². The monoisotopic (exact) mass is 252 g/mol. The maximum Gasteiger partial charge on any atom is 0.238 e.